The highest BCUT2D eigenvalue weighted by molar-refractivity contribution is 9.10. The van der Waals surface area contributed by atoms with Gasteiger partial charge in [0.25, 0.3) is 5.91 Å². The summed E-state index contributed by atoms with van der Waals surface area (Å²) in [5, 5.41) is 9.77. The van der Waals surface area contributed by atoms with Crippen LogP contribution in [0.25, 0.3) is 0 Å². The Bertz CT molecular complexity index is 387. The van der Waals surface area contributed by atoms with Crippen molar-refractivity contribution in [2.24, 2.45) is 0 Å². The average Bonchev–Trinajstić information content (AvgIpc) is 2.28. The van der Waals surface area contributed by atoms with E-state index in [1.165, 1.54) is 0 Å². The molecule has 0 unspecified atom stereocenters. The van der Waals surface area contributed by atoms with Crippen LogP contribution in [-0.2, 0) is 0 Å². The van der Waals surface area contributed by atoms with Gasteiger partial charge in [-0.3, -0.25) is 4.79 Å². The summed E-state index contributed by atoms with van der Waals surface area (Å²) >= 11 is 3.26. The third-order valence-electron chi connectivity index (χ3n) is 2.46. The molecule has 1 rings (SSSR count). The van der Waals surface area contributed by atoms with Crippen molar-refractivity contribution in [3.63, 3.8) is 0 Å². The van der Waals surface area contributed by atoms with E-state index in [1.807, 2.05) is 13.8 Å². The van der Waals surface area contributed by atoms with E-state index in [0.717, 1.165) is 30.4 Å². The van der Waals surface area contributed by atoms with Crippen molar-refractivity contribution in [2.75, 3.05) is 13.1 Å². The Labute approximate surface area is 111 Å². The molecule has 0 radical (unpaired) electrons. The van der Waals surface area contributed by atoms with Gasteiger partial charge in [0, 0.05) is 17.6 Å². The Morgan fingerprint density at radius 2 is 1.88 bits per heavy atom. The first kappa shape index (κ1) is 14.0. The molecule has 1 aromatic rings. The minimum absolute atomic E-state index is 0.0292. The van der Waals surface area contributed by atoms with Crippen LogP contribution in [-0.4, -0.2) is 29.0 Å². The quantitative estimate of drug-likeness (QED) is 0.905. The molecule has 1 aromatic carbocycles. The van der Waals surface area contributed by atoms with E-state index < -0.39 is 0 Å². The zero-order valence-electron chi connectivity index (χ0n) is 10.2. The number of halogens is 1. The van der Waals surface area contributed by atoms with Gasteiger partial charge in [-0.25, -0.2) is 0 Å². The number of benzene rings is 1. The molecule has 0 aliphatic heterocycles. The summed E-state index contributed by atoms with van der Waals surface area (Å²) in [6, 6.07) is 4.96. The highest BCUT2D eigenvalue weighted by Gasteiger charge is 2.17. The fourth-order valence-electron chi connectivity index (χ4n) is 1.71. The summed E-state index contributed by atoms with van der Waals surface area (Å²) in [6.45, 7) is 5.53. The summed E-state index contributed by atoms with van der Waals surface area (Å²) in [7, 11) is 0. The van der Waals surface area contributed by atoms with Crippen LogP contribution in [0.15, 0.2) is 22.7 Å². The minimum Gasteiger partial charge on any atom is -0.507 e. The van der Waals surface area contributed by atoms with Crippen LogP contribution >= 0.6 is 15.9 Å². The van der Waals surface area contributed by atoms with Gasteiger partial charge >= 0.3 is 0 Å². The predicted molar refractivity (Wildman–Crippen MR) is 72.3 cm³/mol. The van der Waals surface area contributed by atoms with E-state index in [1.54, 1.807) is 23.1 Å². The Morgan fingerprint density at radius 3 is 2.35 bits per heavy atom. The van der Waals surface area contributed by atoms with E-state index in [-0.39, 0.29) is 11.7 Å². The normalized spacial score (nSPS) is 10.3. The fraction of sp³-hybridized carbons (Fsp3) is 0.462. The molecule has 3 nitrogen and oxygen atoms in total. The SMILES string of the molecule is CCCN(CCC)C(=O)c1ccc(Br)cc1O. The average molecular weight is 300 g/mol. The van der Waals surface area contributed by atoms with Gasteiger partial charge in [-0.05, 0) is 31.0 Å². The highest BCUT2D eigenvalue weighted by atomic mass is 79.9. The van der Waals surface area contributed by atoms with E-state index in [2.05, 4.69) is 15.9 Å². The Hall–Kier alpha value is -1.03. The molecule has 1 amide bonds. The van der Waals surface area contributed by atoms with Crippen molar-refractivity contribution >= 4 is 21.8 Å². The molecule has 0 atom stereocenters. The van der Waals surface area contributed by atoms with E-state index in [0.29, 0.717) is 5.56 Å². The first-order valence-electron chi connectivity index (χ1n) is 5.88. The van der Waals surface area contributed by atoms with Crippen LogP contribution in [0.3, 0.4) is 0 Å². The summed E-state index contributed by atoms with van der Waals surface area (Å²) in [5.74, 6) is -0.0692. The fourth-order valence-corrected chi connectivity index (χ4v) is 2.06. The third kappa shape index (κ3) is 3.73. The van der Waals surface area contributed by atoms with Gasteiger partial charge in [-0.2, -0.15) is 0 Å². The summed E-state index contributed by atoms with van der Waals surface area (Å²) in [4.78, 5) is 14.0. The van der Waals surface area contributed by atoms with Crippen LogP contribution < -0.4 is 0 Å². The molecular formula is C13H18BrNO2. The van der Waals surface area contributed by atoms with E-state index >= 15 is 0 Å². The number of hydrogen-bond donors (Lipinski definition) is 1. The molecule has 0 spiro atoms. The van der Waals surface area contributed by atoms with E-state index in [9.17, 15) is 9.90 Å². The molecule has 0 aliphatic carbocycles. The van der Waals surface area contributed by atoms with E-state index in [4.69, 9.17) is 0 Å². The maximum atomic E-state index is 12.2. The van der Waals surface area contributed by atoms with Crippen molar-refractivity contribution in [2.45, 2.75) is 26.7 Å². The first-order chi connectivity index (χ1) is 8.10. The lowest BCUT2D eigenvalue weighted by Crippen LogP contribution is -2.32. The van der Waals surface area contributed by atoms with Crippen LogP contribution in [0, 0.1) is 0 Å². The summed E-state index contributed by atoms with van der Waals surface area (Å²) in [5.41, 5.74) is 0.370. The van der Waals surface area contributed by atoms with Crippen molar-refractivity contribution in [1.82, 2.24) is 4.90 Å². The van der Waals surface area contributed by atoms with Crippen molar-refractivity contribution < 1.29 is 9.90 Å². The molecule has 0 fully saturated rings. The second-order valence-corrected chi connectivity index (χ2v) is 4.87. The van der Waals surface area contributed by atoms with Crippen LogP contribution in [0.1, 0.15) is 37.0 Å². The number of carbonyl (C=O) groups excluding carboxylic acids is 1. The van der Waals surface area contributed by atoms with Crippen molar-refractivity contribution in [1.29, 1.82) is 0 Å². The van der Waals surface area contributed by atoms with Gasteiger partial charge in [-0.15, -0.1) is 0 Å². The highest BCUT2D eigenvalue weighted by Crippen LogP contribution is 2.23. The van der Waals surface area contributed by atoms with Crippen molar-refractivity contribution in [3.05, 3.63) is 28.2 Å². The largest absolute Gasteiger partial charge is 0.507 e. The van der Waals surface area contributed by atoms with Gasteiger partial charge in [0.2, 0.25) is 0 Å². The molecule has 1 N–H and O–H groups in total. The van der Waals surface area contributed by atoms with Crippen LogP contribution in [0.5, 0.6) is 5.75 Å². The second-order valence-electron chi connectivity index (χ2n) is 3.95. The lowest BCUT2D eigenvalue weighted by Gasteiger charge is -2.21. The molecule has 0 aliphatic rings. The predicted octanol–water partition coefficient (Wildman–Crippen LogP) is 3.42. The number of phenolic OH excluding ortho intramolecular Hbond substituents is 1. The Kier molecular flexibility index (Phi) is 5.48. The van der Waals surface area contributed by atoms with Crippen LogP contribution in [0.2, 0.25) is 0 Å². The Morgan fingerprint density at radius 1 is 1.29 bits per heavy atom. The molecule has 0 heterocycles. The number of phenols is 1. The summed E-state index contributed by atoms with van der Waals surface area (Å²) < 4.78 is 0.768. The zero-order chi connectivity index (χ0) is 12.8. The molecular weight excluding hydrogens is 282 g/mol. The molecule has 4 heteroatoms. The molecule has 94 valence electrons. The molecule has 0 saturated carbocycles. The smallest absolute Gasteiger partial charge is 0.257 e. The van der Waals surface area contributed by atoms with Gasteiger partial charge in [0.1, 0.15) is 5.75 Å². The standard InChI is InChI=1S/C13H18BrNO2/c1-3-7-15(8-4-2)13(17)11-6-5-10(14)9-12(11)16/h5-6,9,16H,3-4,7-8H2,1-2H3. The summed E-state index contributed by atoms with van der Waals surface area (Å²) in [6.07, 6.45) is 1.84. The number of carbonyl (C=O) groups is 1. The van der Waals surface area contributed by atoms with Crippen LogP contribution in [0.4, 0.5) is 0 Å². The van der Waals surface area contributed by atoms with Gasteiger partial charge in [0.15, 0.2) is 0 Å². The zero-order valence-corrected chi connectivity index (χ0v) is 11.8. The molecule has 0 aromatic heterocycles. The van der Waals surface area contributed by atoms with Gasteiger partial charge < -0.3 is 10.0 Å². The monoisotopic (exact) mass is 299 g/mol. The third-order valence-corrected chi connectivity index (χ3v) is 2.96. The minimum atomic E-state index is -0.0984. The Balaban J connectivity index is 2.92. The first-order valence-corrected chi connectivity index (χ1v) is 6.67. The molecule has 17 heavy (non-hydrogen) atoms. The lowest BCUT2D eigenvalue weighted by atomic mass is 10.1. The lowest BCUT2D eigenvalue weighted by molar-refractivity contribution is 0.0752. The maximum absolute atomic E-state index is 12.2. The maximum Gasteiger partial charge on any atom is 0.257 e. The van der Waals surface area contributed by atoms with Crippen molar-refractivity contribution in [3.8, 4) is 5.75 Å². The molecule has 0 bridgehead atoms. The molecule has 0 saturated heterocycles. The van der Waals surface area contributed by atoms with Gasteiger partial charge in [-0.1, -0.05) is 29.8 Å². The second kappa shape index (κ2) is 6.64. The van der Waals surface area contributed by atoms with Gasteiger partial charge in [0.05, 0.1) is 5.56 Å². The number of nitrogens with zero attached hydrogens (tertiary/aromatic N) is 1. The number of aromatic hydroxyl groups is 1. The number of amides is 1. The number of hydrogen-bond acceptors (Lipinski definition) is 2. The topological polar surface area (TPSA) is 40.5 Å². The number of rotatable bonds is 5.